The highest BCUT2D eigenvalue weighted by Gasteiger charge is 2.14. The van der Waals surface area contributed by atoms with Crippen LogP contribution in [-0.2, 0) is 11.3 Å². The lowest BCUT2D eigenvalue weighted by Crippen LogP contribution is -2.37. The lowest BCUT2D eigenvalue weighted by Gasteiger charge is -2.19. The van der Waals surface area contributed by atoms with Gasteiger partial charge in [0.05, 0.1) is 6.10 Å². The van der Waals surface area contributed by atoms with Gasteiger partial charge in [0, 0.05) is 20.2 Å². The van der Waals surface area contributed by atoms with Gasteiger partial charge in [-0.05, 0) is 34.4 Å². The first-order valence-electron chi connectivity index (χ1n) is 8.75. The van der Waals surface area contributed by atoms with E-state index in [-0.39, 0.29) is 12.1 Å². The Hall–Kier alpha value is -2.85. The van der Waals surface area contributed by atoms with Crippen LogP contribution in [0.2, 0.25) is 0 Å². The monoisotopic (exact) mass is 348 g/mol. The third-order valence-electron chi connectivity index (χ3n) is 4.59. The zero-order valence-corrected chi connectivity index (χ0v) is 15.2. The zero-order chi connectivity index (χ0) is 18.4. The molecule has 1 atom stereocenters. The first-order valence-corrected chi connectivity index (χ1v) is 8.75. The average molecular weight is 348 g/mol. The maximum atomic E-state index is 12.2. The van der Waals surface area contributed by atoms with Crippen LogP contribution in [0.5, 0.6) is 0 Å². The van der Waals surface area contributed by atoms with Crippen LogP contribution in [0.15, 0.2) is 66.7 Å². The summed E-state index contributed by atoms with van der Waals surface area (Å²) >= 11 is 0. The van der Waals surface area contributed by atoms with Crippen molar-refractivity contribution in [2.45, 2.75) is 19.6 Å². The highest BCUT2D eigenvalue weighted by molar-refractivity contribution is 5.86. The van der Waals surface area contributed by atoms with Gasteiger partial charge in [-0.25, -0.2) is 4.79 Å². The number of urea groups is 1. The van der Waals surface area contributed by atoms with Crippen molar-refractivity contribution >= 4 is 16.8 Å². The van der Waals surface area contributed by atoms with Crippen molar-refractivity contribution in [2.24, 2.45) is 0 Å². The van der Waals surface area contributed by atoms with E-state index < -0.39 is 0 Å². The largest absolute Gasteiger partial charge is 0.375 e. The van der Waals surface area contributed by atoms with E-state index in [0.717, 1.165) is 22.1 Å². The zero-order valence-electron chi connectivity index (χ0n) is 15.2. The van der Waals surface area contributed by atoms with E-state index in [1.54, 1.807) is 7.11 Å². The number of rotatable bonds is 6. The fraction of sp³-hybridized carbons (Fsp3) is 0.227. The molecular formula is C22H24N2O2. The van der Waals surface area contributed by atoms with E-state index in [0.29, 0.717) is 13.1 Å². The summed E-state index contributed by atoms with van der Waals surface area (Å²) < 4.78 is 5.55. The summed E-state index contributed by atoms with van der Waals surface area (Å²) in [6.07, 6.45) is -0.167. The first kappa shape index (κ1) is 18.0. The van der Waals surface area contributed by atoms with Crippen LogP contribution in [0.1, 0.15) is 22.8 Å². The molecule has 3 aromatic carbocycles. The summed E-state index contributed by atoms with van der Waals surface area (Å²) in [5, 5.41) is 8.16. The van der Waals surface area contributed by atoms with Crippen LogP contribution in [-0.4, -0.2) is 19.7 Å². The molecule has 4 nitrogen and oxygen atoms in total. The molecule has 0 aliphatic carbocycles. The van der Waals surface area contributed by atoms with E-state index in [9.17, 15) is 4.79 Å². The van der Waals surface area contributed by atoms with Crippen LogP contribution >= 0.6 is 0 Å². The van der Waals surface area contributed by atoms with Crippen molar-refractivity contribution in [1.82, 2.24) is 10.6 Å². The summed E-state index contributed by atoms with van der Waals surface area (Å²) in [6, 6.07) is 22.1. The number of carbonyl (C=O) groups excluding carboxylic acids is 1. The van der Waals surface area contributed by atoms with Gasteiger partial charge in [-0.1, -0.05) is 66.7 Å². The molecule has 0 aliphatic heterocycles. The van der Waals surface area contributed by atoms with Gasteiger partial charge in [-0.15, -0.1) is 0 Å². The van der Waals surface area contributed by atoms with Gasteiger partial charge in [0.1, 0.15) is 0 Å². The molecular weight excluding hydrogens is 324 g/mol. The predicted molar refractivity (Wildman–Crippen MR) is 105 cm³/mol. The van der Waals surface area contributed by atoms with Crippen molar-refractivity contribution in [3.05, 3.63) is 83.4 Å². The second-order valence-corrected chi connectivity index (χ2v) is 6.28. The summed E-state index contributed by atoms with van der Waals surface area (Å²) in [5.74, 6) is 0. The molecule has 0 unspecified atom stereocenters. The fourth-order valence-corrected chi connectivity index (χ4v) is 3.14. The normalized spacial score (nSPS) is 11.9. The van der Waals surface area contributed by atoms with Crippen molar-refractivity contribution < 1.29 is 9.53 Å². The maximum Gasteiger partial charge on any atom is 0.315 e. The second kappa shape index (κ2) is 8.50. The Morgan fingerprint density at radius 1 is 0.962 bits per heavy atom. The van der Waals surface area contributed by atoms with E-state index in [1.807, 2.05) is 55.5 Å². The summed E-state index contributed by atoms with van der Waals surface area (Å²) in [7, 11) is 1.66. The molecule has 0 aliphatic rings. The molecule has 4 heteroatoms. The molecule has 0 saturated carbocycles. The van der Waals surface area contributed by atoms with E-state index in [1.165, 1.54) is 5.39 Å². The molecule has 0 aromatic heterocycles. The molecule has 134 valence electrons. The van der Waals surface area contributed by atoms with Crippen molar-refractivity contribution in [2.75, 3.05) is 13.7 Å². The SMILES string of the molecule is CO[C@@H](CNC(=O)NCc1cccc2ccccc12)c1ccccc1C. The maximum absolute atomic E-state index is 12.2. The Kier molecular flexibility index (Phi) is 5.87. The number of amides is 2. The predicted octanol–water partition coefficient (Wildman–Crippen LogP) is 4.34. The molecule has 3 aromatic rings. The minimum absolute atomic E-state index is 0.167. The highest BCUT2D eigenvalue weighted by atomic mass is 16.5. The van der Waals surface area contributed by atoms with Crippen molar-refractivity contribution in [3.63, 3.8) is 0 Å². The summed E-state index contributed by atoms with van der Waals surface area (Å²) in [4.78, 5) is 12.2. The number of methoxy groups -OCH3 is 1. The van der Waals surface area contributed by atoms with Gasteiger partial charge in [0.25, 0.3) is 0 Å². The molecule has 26 heavy (non-hydrogen) atoms. The first-order chi connectivity index (χ1) is 12.7. The minimum Gasteiger partial charge on any atom is -0.375 e. The van der Waals surface area contributed by atoms with Gasteiger partial charge in [0.2, 0.25) is 0 Å². The van der Waals surface area contributed by atoms with Crippen LogP contribution in [0.25, 0.3) is 10.8 Å². The molecule has 0 spiro atoms. The van der Waals surface area contributed by atoms with Crippen LogP contribution in [0.3, 0.4) is 0 Å². The van der Waals surface area contributed by atoms with Gasteiger partial charge < -0.3 is 15.4 Å². The number of ether oxygens (including phenoxy) is 1. The Morgan fingerprint density at radius 2 is 1.69 bits per heavy atom. The minimum atomic E-state index is -0.200. The third-order valence-corrected chi connectivity index (χ3v) is 4.59. The number of aryl methyl sites for hydroxylation is 1. The molecule has 0 saturated heterocycles. The van der Waals surface area contributed by atoms with Crippen molar-refractivity contribution in [3.8, 4) is 0 Å². The fourth-order valence-electron chi connectivity index (χ4n) is 3.14. The third kappa shape index (κ3) is 4.21. The number of benzene rings is 3. The molecule has 0 heterocycles. The summed E-state index contributed by atoms with van der Waals surface area (Å²) in [6.45, 7) is 2.94. The number of hydrogen-bond donors (Lipinski definition) is 2. The molecule has 0 fully saturated rings. The molecule has 3 rings (SSSR count). The second-order valence-electron chi connectivity index (χ2n) is 6.28. The summed E-state index contributed by atoms with van der Waals surface area (Å²) in [5.41, 5.74) is 3.34. The Labute approximate surface area is 154 Å². The smallest absolute Gasteiger partial charge is 0.315 e. The van der Waals surface area contributed by atoms with Crippen LogP contribution < -0.4 is 10.6 Å². The van der Waals surface area contributed by atoms with Gasteiger partial charge in [-0.2, -0.15) is 0 Å². The Morgan fingerprint density at radius 3 is 2.50 bits per heavy atom. The Bertz CT molecular complexity index is 887. The van der Waals surface area contributed by atoms with Crippen molar-refractivity contribution in [1.29, 1.82) is 0 Å². The van der Waals surface area contributed by atoms with Gasteiger partial charge >= 0.3 is 6.03 Å². The highest BCUT2D eigenvalue weighted by Crippen LogP contribution is 2.20. The number of fused-ring (bicyclic) bond motifs is 1. The van der Waals surface area contributed by atoms with Gasteiger partial charge in [-0.3, -0.25) is 0 Å². The number of hydrogen-bond acceptors (Lipinski definition) is 2. The van der Waals surface area contributed by atoms with E-state index >= 15 is 0 Å². The molecule has 2 N–H and O–H groups in total. The molecule has 2 amide bonds. The van der Waals surface area contributed by atoms with E-state index in [2.05, 4.69) is 28.8 Å². The lowest BCUT2D eigenvalue weighted by atomic mass is 10.0. The quantitative estimate of drug-likeness (QED) is 0.696. The van der Waals surface area contributed by atoms with Crippen LogP contribution in [0.4, 0.5) is 4.79 Å². The number of nitrogens with one attached hydrogen (secondary N) is 2. The topological polar surface area (TPSA) is 50.4 Å². The molecule has 0 bridgehead atoms. The van der Waals surface area contributed by atoms with Crippen LogP contribution in [0, 0.1) is 6.92 Å². The lowest BCUT2D eigenvalue weighted by molar-refractivity contribution is 0.103. The number of carbonyl (C=O) groups is 1. The van der Waals surface area contributed by atoms with Gasteiger partial charge in [0.15, 0.2) is 0 Å². The molecule has 0 radical (unpaired) electrons. The van der Waals surface area contributed by atoms with E-state index in [4.69, 9.17) is 4.74 Å². The Balaban J connectivity index is 1.58. The average Bonchev–Trinajstić information content (AvgIpc) is 2.68. The standard InChI is InChI=1S/C22H24N2O2/c1-16-8-3-5-12-19(16)21(26-2)15-24-22(25)23-14-18-11-7-10-17-9-4-6-13-20(17)18/h3-13,21H,14-15H2,1-2H3,(H2,23,24,25)/t21-/m0/s1.